The number of hydrogen-bond donors (Lipinski definition) is 2. The molecular weight excluding hydrogens is 324 g/mol. The summed E-state index contributed by atoms with van der Waals surface area (Å²) in [6.07, 6.45) is 6.60. The number of H-pyrrole nitrogens is 2. The van der Waals surface area contributed by atoms with E-state index in [-0.39, 0.29) is 6.04 Å². The fourth-order valence-corrected chi connectivity index (χ4v) is 4.42. The second kappa shape index (κ2) is 5.75. The van der Waals surface area contributed by atoms with Gasteiger partial charge in [0.05, 0.1) is 17.9 Å². The quantitative estimate of drug-likeness (QED) is 0.762. The van der Waals surface area contributed by atoms with Crippen LogP contribution < -0.4 is 0 Å². The summed E-state index contributed by atoms with van der Waals surface area (Å²) in [5, 5.41) is 8.09. The predicted octanol–water partition coefficient (Wildman–Crippen LogP) is 2.63. The molecule has 1 unspecified atom stereocenters. The van der Waals surface area contributed by atoms with Gasteiger partial charge in [-0.25, -0.2) is 8.42 Å². The average molecular weight is 344 g/mol. The summed E-state index contributed by atoms with van der Waals surface area (Å²) < 4.78 is 23.9. The van der Waals surface area contributed by atoms with Gasteiger partial charge < -0.3 is 4.98 Å². The van der Waals surface area contributed by atoms with E-state index < -0.39 is 9.84 Å². The number of nitrogens with one attached hydrogen (secondary N) is 2. The van der Waals surface area contributed by atoms with Gasteiger partial charge in [-0.2, -0.15) is 5.10 Å². The van der Waals surface area contributed by atoms with Gasteiger partial charge >= 0.3 is 0 Å². The maximum atomic E-state index is 12.0. The standard InChI is InChI=1S/C17H20N4O2S/c1-24(22,23)16-10-19-20-17(16)15-3-2-8-21(15)11-12-4-5-14-13(9-12)6-7-18-14/h4-7,9-10,15,18H,2-3,8,11H2,1H3,(H,19,20). The van der Waals surface area contributed by atoms with E-state index >= 15 is 0 Å². The summed E-state index contributed by atoms with van der Waals surface area (Å²) >= 11 is 0. The minimum absolute atomic E-state index is 0.0687. The molecule has 0 spiro atoms. The van der Waals surface area contributed by atoms with Crippen molar-refractivity contribution in [1.82, 2.24) is 20.1 Å². The molecule has 1 aromatic carbocycles. The van der Waals surface area contributed by atoms with Crippen molar-refractivity contribution in [2.24, 2.45) is 0 Å². The van der Waals surface area contributed by atoms with Crippen molar-refractivity contribution in [3.05, 3.63) is 47.9 Å². The molecule has 0 radical (unpaired) electrons. The lowest BCUT2D eigenvalue weighted by atomic mass is 10.1. The third-order valence-electron chi connectivity index (χ3n) is 4.73. The third kappa shape index (κ3) is 2.74. The monoisotopic (exact) mass is 344 g/mol. The van der Waals surface area contributed by atoms with Crippen LogP contribution in [0.25, 0.3) is 10.9 Å². The summed E-state index contributed by atoms with van der Waals surface area (Å²) in [5.41, 5.74) is 3.08. The largest absolute Gasteiger partial charge is 0.361 e. The highest BCUT2D eigenvalue weighted by Crippen LogP contribution is 2.35. The van der Waals surface area contributed by atoms with Crippen molar-refractivity contribution in [3.8, 4) is 0 Å². The van der Waals surface area contributed by atoms with Gasteiger partial charge in [0, 0.05) is 24.5 Å². The Morgan fingerprint density at radius 3 is 3.04 bits per heavy atom. The lowest BCUT2D eigenvalue weighted by Crippen LogP contribution is -2.24. The molecule has 3 aromatic rings. The fraction of sp³-hybridized carbons (Fsp3) is 0.353. The van der Waals surface area contributed by atoms with Gasteiger partial charge in [0.15, 0.2) is 9.84 Å². The van der Waals surface area contributed by atoms with Gasteiger partial charge in [-0.1, -0.05) is 6.07 Å². The van der Waals surface area contributed by atoms with Gasteiger partial charge in [0.2, 0.25) is 0 Å². The number of nitrogens with zero attached hydrogens (tertiary/aromatic N) is 2. The first-order valence-corrected chi connectivity index (χ1v) is 9.95. The zero-order chi connectivity index (χ0) is 16.7. The van der Waals surface area contributed by atoms with E-state index in [4.69, 9.17) is 0 Å². The molecule has 1 aliphatic heterocycles. The van der Waals surface area contributed by atoms with E-state index in [1.165, 1.54) is 23.4 Å². The second-order valence-corrected chi connectivity index (χ2v) is 8.43. The smallest absolute Gasteiger partial charge is 0.178 e. The van der Waals surface area contributed by atoms with Crippen molar-refractivity contribution < 1.29 is 8.42 Å². The Balaban J connectivity index is 1.62. The van der Waals surface area contributed by atoms with Gasteiger partial charge in [-0.15, -0.1) is 0 Å². The number of aromatic amines is 2. The molecule has 4 rings (SSSR count). The number of sulfone groups is 1. The second-order valence-electron chi connectivity index (χ2n) is 6.45. The van der Waals surface area contributed by atoms with Crippen LogP contribution in [0, 0.1) is 0 Å². The van der Waals surface area contributed by atoms with Gasteiger partial charge in [0.1, 0.15) is 4.90 Å². The molecule has 1 saturated heterocycles. The molecule has 0 saturated carbocycles. The molecule has 2 N–H and O–H groups in total. The molecule has 2 aromatic heterocycles. The highest BCUT2D eigenvalue weighted by atomic mass is 32.2. The van der Waals surface area contributed by atoms with E-state index in [0.717, 1.165) is 37.1 Å². The van der Waals surface area contributed by atoms with E-state index in [0.29, 0.717) is 4.90 Å². The molecule has 0 aliphatic carbocycles. The van der Waals surface area contributed by atoms with E-state index in [2.05, 4.69) is 44.3 Å². The van der Waals surface area contributed by atoms with Crippen LogP contribution in [-0.2, 0) is 16.4 Å². The first-order valence-electron chi connectivity index (χ1n) is 8.06. The Hall–Kier alpha value is -2.12. The minimum atomic E-state index is -3.27. The molecule has 3 heterocycles. The Labute approximate surface area is 140 Å². The molecule has 1 fully saturated rings. The Kier molecular flexibility index (Phi) is 3.69. The summed E-state index contributed by atoms with van der Waals surface area (Å²) in [6, 6.07) is 8.54. The molecule has 0 amide bonds. The van der Waals surface area contributed by atoms with Crippen molar-refractivity contribution in [3.63, 3.8) is 0 Å². The zero-order valence-electron chi connectivity index (χ0n) is 13.5. The van der Waals surface area contributed by atoms with Crippen LogP contribution in [0.15, 0.2) is 41.6 Å². The number of benzene rings is 1. The van der Waals surface area contributed by atoms with Gasteiger partial charge in [-0.3, -0.25) is 10.00 Å². The first kappa shape index (κ1) is 15.4. The van der Waals surface area contributed by atoms with Gasteiger partial charge in [-0.05, 0) is 48.5 Å². The summed E-state index contributed by atoms with van der Waals surface area (Å²) in [5.74, 6) is 0. The normalized spacial score (nSPS) is 19.3. The lowest BCUT2D eigenvalue weighted by Gasteiger charge is -2.24. The molecule has 126 valence electrons. The average Bonchev–Trinajstić information content (AvgIpc) is 3.25. The molecule has 7 heteroatoms. The summed E-state index contributed by atoms with van der Waals surface area (Å²) in [6.45, 7) is 1.76. The Morgan fingerprint density at radius 2 is 2.21 bits per heavy atom. The van der Waals surface area contributed by atoms with Crippen LogP contribution in [0.5, 0.6) is 0 Å². The minimum Gasteiger partial charge on any atom is -0.361 e. The Morgan fingerprint density at radius 1 is 1.33 bits per heavy atom. The molecule has 1 atom stereocenters. The molecule has 1 aliphatic rings. The number of rotatable bonds is 4. The molecule has 24 heavy (non-hydrogen) atoms. The van der Waals surface area contributed by atoms with Crippen molar-refractivity contribution in [1.29, 1.82) is 0 Å². The SMILES string of the molecule is CS(=O)(=O)c1cn[nH]c1C1CCCN1Cc1ccc2[nH]ccc2c1. The number of hydrogen-bond acceptors (Lipinski definition) is 4. The summed E-state index contributed by atoms with van der Waals surface area (Å²) in [4.78, 5) is 5.85. The maximum absolute atomic E-state index is 12.0. The number of likely N-dealkylation sites (tertiary alicyclic amines) is 1. The fourth-order valence-electron chi connectivity index (χ4n) is 3.60. The van der Waals surface area contributed by atoms with Gasteiger partial charge in [0.25, 0.3) is 0 Å². The highest BCUT2D eigenvalue weighted by molar-refractivity contribution is 7.90. The van der Waals surface area contributed by atoms with Crippen molar-refractivity contribution >= 4 is 20.7 Å². The van der Waals surface area contributed by atoms with E-state index in [1.54, 1.807) is 0 Å². The Bertz CT molecular complexity index is 973. The molecule has 6 nitrogen and oxygen atoms in total. The molecular formula is C17H20N4O2S. The van der Waals surface area contributed by atoms with Crippen LogP contribution in [0.1, 0.15) is 30.1 Å². The van der Waals surface area contributed by atoms with Crippen LogP contribution in [0.4, 0.5) is 0 Å². The maximum Gasteiger partial charge on any atom is 0.178 e. The van der Waals surface area contributed by atoms with Crippen molar-refractivity contribution in [2.45, 2.75) is 30.3 Å². The van der Waals surface area contributed by atoms with Crippen LogP contribution >= 0.6 is 0 Å². The van der Waals surface area contributed by atoms with Crippen molar-refractivity contribution in [2.75, 3.05) is 12.8 Å². The third-order valence-corrected chi connectivity index (χ3v) is 5.86. The number of fused-ring (bicyclic) bond motifs is 1. The van der Waals surface area contributed by atoms with E-state index in [1.807, 2.05) is 6.20 Å². The summed E-state index contributed by atoms with van der Waals surface area (Å²) in [7, 11) is -3.27. The van der Waals surface area contributed by atoms with E-state index in [9.17, 15) is 8.42 Å². The zero-order valence-corrected chi connectivity index (χ0v) is 14.3. The highest BCUT2D eigenvalue weighted by Gasteiger charge is 2.31. The molecule has 0 bridgehead atoms. The van der Waals surface area contributed by atoms with Crippen LogP contribution in [0.3, 0.4) is 0 Å². The first-order chi connectivity index (χ1) is 11.5. The van der Waals surface area contributed by atoms with Crippen LogP contribution in [0.2, 0.25) is 0 Å². The number of aromatic nitrogens is 3. The predicted molar refractivity (Wildman–Crippen MR) is 92.4 cm³/mol. The topological polar surface area (TPSA) is 81.8 Å². The lowest BCUT2D eigenvalue weighted by molar-refractivity contribution is 0.242. The van der Waals surface area contributed by atoms with Crippen LogP contribution in [-0.4, -0.2) is 41.3 Å².